The average molecular weight is 521 g/mol. The van der Waals surface area contributed by atoms with Crippen molar-refractivity contribution < 1.29 is 37.0 Å². The molecule has 0 amide bonds. The van der Waals surface area contributed by atoms with Crippen LogP contribution in [0.3, 0.4) is 0 Å². The number of carboxylic acid groups (broad SMARTS) is 1. The molecule has 37 heavy (non-hydrogen) atoms. The molecular weight excluding hydrogens is 493 g/mol. The molecule has 1 aliphatic heterocycles. The van der Waals surface area contributed by atoms with Gasteiger partial charge in [-0.3, -0.25) is 4.79 Å². The molecule has 0 bridgehead atoms. The Morgan fingerprint density at radius 1 is 1.19 bits per heavy atom. The van der Waals surface area contributed by atoms with E-state index in [0.29, 0.717) is 30.7 Å². The first-order valence-corrected chi connectivity index (χ1v) is 11.6. The van der Waals surface area contributed by atoms with E-state index in [1.807, 2.05) is 20.8 Å². The normalized spacial score (nSPS) is 15.3. The molecule has 0 aliphatic carbocycles. The first-order valence-electron chi connectivity index (χ1n) is 11.6. The smallest absolute Gasteiger partial charge is 0.437 e. The summed E-state index contributed by atoms with van der Waals surface area (Å²) in [6, 6.07) is 4.13. The Balaban J connectivity index is 1.96. The van der Waals surface area contributed by atoms with E-state index in [2.05, 4.69) is 4.98 Å². The second-order valence-corrected chi connectivity index (χ2v) is 9.96. The van der Waals surface area contributed by atoms with Crippen molar-refractivity contribution in [2.45, 2.75) is 45.8 Å². The molecule has 2 aromatic heterocycles. The number of rotatable bonds is 7. The zero-order valence-electron chi connectivity index (χ0n) is 20.8. The number of ether oxygens (including phenoxy) is 2. The van der Waals surface area contributed by atoms with Gasteiger partial charge in [0.05, 0.1) is 17.9 Å². The van der Waals surface area contributed by atoms with Gasteiger partial charge in [0.1, 0.15) is 11.3 Å². The van der Waals surface area contributed by atoms with E-state index in [4.69, 9.17) is 13.9 Å². The van der Waals surface area contributed by atoms with Gasteiger partial charge < -0.3 is 23.6 Å². The number of halogens is 3. The van der Waals surface area contributed by atoms with Crippen LogP contribution in [0.4, 0.5) is 13.2 Å². The summed E-state index contributed by atoms with van der Waals surface area (Å²) in [6.45, 7) is 6.57. The maximum atomic E-state index is 13.7. The minimum absolute atomic E-state index is 0.0245. The van der Waals surface area contributed by atoms with Crippen LogP contribution in [0.1, 0.15) is 54.8 Å². The monoisotopic (exact) mass is 520 g/mol. The number of methoxy groups -OCH3 is 1. The lowest BCUT2D eigenvalue weighted by Crippen LogP contribution is -2.32. The summed E-state index contributed by atoms with van der Waals surface area (Å²) in [6.07, 6.45) is -1.79. The van der Waals surface area contributed by atoms with Crippen molar-refractivity contribution in [1.82, 2.24) is 9.55 Å². The lowest BCUT2D eigenvalue weighted by Gasteiger charge is -2.39. The van der Waals surface area contributed by atoms with Gasteiger partial charge >= 0.3 is 12.1 Å². The number of nitrogens with zero attached hydrogens (tertiary/aromatic N) is 2. The summed E-state index contributed by atoms with van der Waals surface area (Å²) in [7, 11) is 1.54. The molecule has 1 aliphatic rings. The van der Waals surface area contributed by atoms with Crippen LogP contribution in [-0.2, 0) is 17.3 Å². The molecule has 3 heterocycles. The minimum Gasteiger partial charge on any atom is -0.493 e. The number of fused-ring (bicyclic) bond motifs is 3. The number of hydrogen-bond acceptors (Lipinski definition) is 6. The van der Waals surface area contributed by atoms with Gasteiger partial charge in [0.2, 0.25) is 0 Å². The van der Waals surface area contributed by atoms with E-state index >= 15 is 0 Å². The van der Waals surface area contributed by atoms with Crippen molar-refractivity contribution in [3.05, 3.63) is 57.8 Å². The second kappa shape index (κ2) is 9.70. The SMILES string of the molecule is COCCCOc1cc2c(cc1-c1ocnc1C(F)(F)F)-c1cc(=O)c(C(=O)O)cn1C(C(C)(C)C)C2. The third-order valence-corrected chi connectivity index (χ3v) is 6.37. The Bertz CT molecular complexity index is 1380. The first-order chi connectivity index (χ1) is 17.3. The molecule has 0 saturated heterocycles. The van der Waals surface area contributed by atoms with Crippen LogP contribution in [-0.4, -0.2) is 41.0 Å². The fourth-order valence-corrected chi connectivity index (χ4v) is 4.56. The lowest BCUT2D eigenvalue weighted by molar-refractivity contribution is -0.140. The van der Waals surface area contributed by atoms with E-state index in [9.17, 15) is 27.9 Å². The first kappa shape index (κ1) is 26.5. The molecule has 1 N–H and O–H groups in total. The molecule has 11 heteroatoms. The minimum atomic E-state index is -4.77. The molecule has 4 rings (SSSR count). The number of carbonyl (C=O) groups is 1. The van der Waals surface area contributed by atoms with E-state index in [1.54, 1.807) is 10.6 Å². The fourth-order valence-electron chi connectivity index (χ4n) is 4.56. The van der Waals surface area contributed by atoms with Crippen LogP contribution in [0, 0.1) is 5.41 Å². The van der Waals surface area contributed by atoms with E-state index in [1.165, 1.54) is 25.4 Å². The third kappa shape index (κ3) is 5.13. The highest BCUT2D eigenvalue weighted by Crippen LogP contribution is 2.47. The van der Waals surface area contributed by atoms with Crippen LogP contribution >= 0.6 is 0 Å². The van der Waals surface area contributed by atoms with Gasteiger partial charge in [-0.15, -0.1) is 0 Å². The Hall–Kier alpha value is -3.60. The number of pyridine rings is 1. The predicted molar refractivity (Wildman–Crippen MR) is 128 cm³/mol. The second-order valence-electron chi connectivity index (χ2n) is 9.96. The summed E-state index contributed by atoms with van der Waals surface area (Å²) in [5, 5.41) is 9.52. The molecule has 1 aromatic carbocycles. The van der Waals surface area contributed by atoms with Crippen molar-refractivity contribution in [2.75, 3.05) is 20.3 Å². The van der Waals surface area contributed by atoms with Gasteiger partial charge in [-0.1, -0.05) is 20.8 Å². The van der Waals surface area contributed by atoms with Crippen LogP contribution in [0.2, 0.25) is 0 Å². The Morgan fingerprint density at radius 3 is 2.54 bits per heavy atom. The Labute approximate surface area is 210 Å². The van der Waals surface area contributed by atoms with Crippen LogP contribution in [0.15, 0.2) is 40.0 Å². The number of oxazole rings is 1. The van der Waals surface area contributed by atoms with Gasteiger partial charge in [-0.2, -0.15) is 13.2 Å². The van der Waals surface area contributed by atoms with Gasteiger partial charge in [0, 0.05) is 44.0 Å². The van der Waals surface area contributed by atoms with Gasteiger partial charge in [-0.05, 0) is 29.5 Å². The number of benzene rings is 1. The molecule has 0 fully saturated rings. The van der Waals surface area contributed by atoms with Crippen LogP contribution in [0.25, 0.3) is 22.6 Å². The van der Waals surface area contributed by atoms with Gasteiger partial charge in [-0.25, -0.2) is 9.78 Å². The third-order valence-electron chi connectivity index (χ3n) is 6.37. The zero-order valence-corrected chi connectivity index (χ0v) is 20.8. The highest BCUT2D eigenvalue weighted by Gasteiger charge is 2.40. The molecule has 198 valence electrons. The highest BCUT2D eigenvalue weighted by atomic mass is 19.4. The predicted octanol–water partition coefficient (Wildman–Crippen LogP) is 5.45. The number of hydrogen-bond donors (Lipinski definition) is 1. The Morgan fingerprint density at radius 2 is 1.92 bits per heavy atom. The molecule has 0 radical (unpaired) electrons. The summed E-state index contributed by atoms with van der Waals surface area (Å²) < 4.78 is 59.0. The topological polar surface area (TPSA) is 104 Å². The number of carboxylic acids is 1. The summed E-state index contributed by atoms with van der Waals surface area (Å²) >= 11 is 0. The number of aromatic nitrogens is 2. The molecule has 0 saturated carbocycles. The van der Waals surface area contributed by atoms with Crippen molar-refractivity contribution >= 4 is 5.97 Å². The average Bonchev–Trinajstić information content (AvgIpc) is 3.30. The van der Waals surface area contributed by atoms with Crippen LogP contribution in [0.5, 0.6) is 5.75 Å². The zero-order chi connectivity index (χ0) is 27.1. The van der Waals surface area contributed by atoms with Crippen molar-refractivity contribution in [2.24, 2.45) is 5.41 Å². The molecule has 3 aromatic rings. The summed E-state index contributed by atoms with van der Waals surface area (Å²) in [5.74, 6) is -1.68. The Kier molecular flexibility index (Phi) is 6.93. The molecule has 0 spiro atoms. The molecule has 8 nitrogen and oxygen atoms in total. The number of alkyl halides is 3. The van der Waals surface area contributed by atoms with E-state index in [0.717, 1.165) is 12.0 Å². The van der Waals surface area contributed by atoms with Gasteiger partial charge in [0.15, 0.2) is 23.3 Å². The van der Waals surface area contributed by atoms with E-state index < -0.39 is 29.0 Å². The lowest BCUT2D eigenvalue weighted by atomic mass is 9.78. The van der Waals surface area contributed by atoms with Crippen molar-refractivity contribution in [1.29, 1.82) is 0 Å². The largest absolute Gasteiger partial charge is 0.493 e. The fraction of sp³-hybridized carbons (Fsp3) is 0.423. The van der Waals surface area contributed by atoms with Gasteiger partial charge in [0.25, 0.3) is 0 Å². The molecule has 1 atom stereocenters. The maximum Gasteiger partial charge on any atom is 0.437 e. The summed E-state index contributed by atoms with van der Waals surface area (Å²) in [5.41, 5.74) is -0.960. The van der Waals surface area contributed by atoms with E-state index in [-0.39, 0.29) is 34.9 Å². The number of aromatic carboxylic acids is 1. The maximum absolute atomic E-state index is 13.7. The molecular formula is C26H27F3N2O6. The molecule has 1 unspecified atom stereocenters. The highest BCUT2D eigenvalue weighted by molar-refractivity contribution is 5.88. The standard InChI is InChI=1S/C26H27F3N2O6/c1-25(2,3)21-9-14-8-20(36-7-5-6-35-4)16(22-23(26(27,28)29)30-13-37-22)10-15(14)18-11-19(32)17(24(33)34)12-31(18)21/h8,10-13,21H,5-7,9H2,1-4H3,(H,33,34). The van der Waals surface area contributed by atoms with Crippen molar-refractivity contribution in [3.8, 4) is 28.3 Å². The summed E-state index contributed by atoms with van der Waals surface area (Å²) in [4.78, 5) is 27.7. The van der Waals surface area contributed by atoms with Crippen molar-refractivity contribution in [3.63, 3.8) is 0 Å². The quantitative estimate of drug-likeness (QED) is 0.414. The van der Waals surface area contributed by atoms with Crippen LogP contribution < -0.4 is 10.2 Å².